The quantitative estimate of drug-likeness (QED) is 0.676. The van der Waals surface area contributed by atoms with Gasteiger partial charge in [0.2, 0.25) is 0 Å². The van der Waals surface area contributed by atoms with Crippen molar-refractivity contribution in [3.63, 3.8) is 0 Å². The van der Waals surface area contributed by atoms with E-state index in [0.717, 1.165) is 23.6 Å². The average Bonchev–Trinajstić information content (AvgIpc) is 2.26. The number of likely N-dealkylation sites (tertiary alicyclic amines) is 1. The fourth-order valence-electron chi connectivity index (χ4n) is 2.28. The molecule has 0 unspecified atom stereocenters. The van der Waals surface area contributed by atoms with Gasteiger partial charge in [-0.05, 0) is 13.0 Å². The van der Waals surface area contributed by atoms with Gasteiger partial charge in [-0.1, -0.05) is 17.7 Å². The van der Waals surface area contributed by atoms with Crippen molar-refractivity contribution in [2.24, 2.45) is 0 Å². The lowest BCUT2D eigenvalue weighted by Gasteiger charge is -2.38. The molecule has 1 heterocycles. The van der Waals surface area contributed by atoms with Crippen LogP contribution in [0.4, 0.5) is 4.39 Å². The van der Waals surface area contributed by atoms with E-state index in [0.29, 0.717) is 18.4 Å². The van der Waals surface area contributed by atoms with E-state index < -0.39 is 5.60 Å². The van der Waals surface area contributed by atoms with Gasteiger partial charge in [-0.3, -0.25) is 0 Å². The van der Waals surface area contributed by atoms with Gasteiger partial charge in [0.1, 0.15) is 11.4 Å². The molecule has 3 heteroatoms. The first-order valence-electron chi connectivity index (χ1n) is 5.67. The molecule has 0 aromatic heterocycles. The van der Waals surface area contributed by atoms with Gasteiger partial charge in [-0.15, -0.1) is 0 Å². The molecule has 1 aromatic carbocycles. The zero-order valence-electron chi connectivity index (χ0n) is 9.59. The average molecular weight is 223 g/mol. The van der Waals surface area contributed by atoms with E-state index in [1.54, 1.807) is 12.1 Å². The number of hydrogen-bond acceptors (Lipinski definition) is 1. The minimum atomic E-state index is -1.00. The number of hydrogen-bond donors (Lipinski definition) is 2. The molecule has 1 saturated heterocycles. The molecule has 2 rings (SSSR count). The van der Waals surface area contributed by atoms with Crippen molar-refractivity contribution in [2.45, 2.75) is 25.4 Å². The van der Waals surface area contributed by atoms with Crippen molar-refractivity contribution >= 4 is 0 Å². The molecule has 1 fully saturated rings. The Morgan fingerprint density at radius 2 is 2.00 bits per heavy atom. The van der Waals surface area contributed by atoms with Crippen LogP contribution in [0.25, 0.3) is 0 Å². The van der Waals surface area contributed by atoms with Gasteiger partial charge in [0.15, 0.2) is 0 Å². The summed E-state index contributed by atoms with van der Waals surface area (Å²) in [5.74, 6) is -0.305. The molecular weight excluding hydrogens is 205 g/mol. The van der Waals surface area contributed by atoms with E-state index in [4.69, 9.17) is 0 Å². The highest BCUT2D eigenvalue weighted by atomic mass is 19.1. The number of piperidine rings is 1. The molecule has 2 N–H and O–H groups in total. The first kappa shape index (κ1) is 11.6. The lowest BCUT2D eigenvalue weighted by Crippen LogP contribution is -3.08. The summed E-state index contributed by atoms with van der Waals surface area (Å²) >= 11 is 0. The maximum absolute atomic E-state index is 13.7. The van der Waals surface area contributed by atoms with Gasteiger partial charge < -0.3 is 10.0 Å². The third kappa shape index (κ3) is 2.11. The van der Waals surface area contributed by atoms with E-state index in [1.165, 1.54) is 6.07 Å². The van der Waals surface area contributed by atoms with E-state index >= 15 is 0 Å². The molecule has 88 valence electrons. The fourth-order valence-corrected chi connectivity index (χ4v) is 2.28. The summed E-state index contributed by atoms with van der Waals surface area (Å²) in [7, 11) is 3.91. The summed E-state index contributed by atoms with van der Waals surface area (Å²) in [5, 5.41) is 10.5. The molecule has 1 aliphatic rings. The second-order valence-electron chi connectivity index (χ2n) is 4.76. The Hall–Kier alpha value is -0.930. The van der Waals surface area contributed by atoms with E-state index in [1.807, 2.05) is 6.92 Å². The van der Waals surface area contributed by atoms with Crippen molar-refractivity contribution in [3.05, 3.63) is 42.2 Å². The van der Waals surface area contributed by atoms with Crippen molar-refractivity contribution in [1.29, 1.82) is 0 Å². The minimum absolute atomic E-state index is 0.305. The molecule has 1 aromatic rings. The lowest BCUT2D eigenvalue weighted by molar-refractivity contribution is -0.862. The molecule has 2 nitrogen and oxygen atoms in total. The highest BCUT2D eigenvalue weighted by Crippen LogP contribution is 2.31. The Kier molecular flexibility index (Phi) is 3.00. The number of rotatable bonds is 1. The van der Waals surface area contributed by atoms with E-state index in [2.05, 4.69) is 7.05 Å². The van der Waals surface area contributed by atoms with Crippen LogP contribution in [-0.2, 0) is 5.60 Å². The second kappa shape index (κ2) is 4.15. The van der Waals surface area contributed by atoms with E-state index in [-0.39, 0.29) is 5.82 Å². The van der Waals surface area contributed by atoms with Crippen LogP contribution >= 0.6 is 0 Å². The predicted molar refractivity (Wildman–Crippen MR) is 60.3 cm³/mol. The Morgan fingerprint density at radius 1 is 1.38 bits per heavy atom. The standard InChI is InChI=1S/C13H18FNO/c1-10-3-4-12(14)11(9-10)13(16)5-7-15(2)8-6-13/h3-4,9,15-16H,2,5-8H2,1H3. The highest BCUT2D eigenvalue weighted by Gasteiger charge is 2.35. The SMILES string of the molecule is [CH2-][NH+]1CCC(O)(c2cc(C)ccc2F)CC1. The second-order valence-corrected chi connectivity index (χ2v) is 4.76. The van der Waals surface area contributed by atoms with Gasteiger partial charge in [0.05, 0.1) is 13.1 Å². The van der Waals surface area contributed by atoms with Crippen LogP contribution in [-0.4, -0.2) is 18.2 Å². The molecule has 1 aliphatic heterocycles. The van der Waals surface area contributed by atoms with Crippen molar-refractivity contribution in [2.75, 3.05) is 13.1 Å². The van der Waals surface area contributed by atoms with Gasteiger partial charge in [0, 0.05) is 18.4 Å². The Bertz CT molecular complexity index is 384. The van der Waals surface area contributed by atoms with E-state index in [9.17, 15) is 9.50 Å². The molecule has 0 atom stereocenters. The molecule has 0 saturated carbocycles. The Labute approximate surface area is 95.7 Å². The summed E-state index contributed by atoms with van der Waals surface area (Å²) in [6, 6.07) is 4.92. The van der Waals surface area contributed by atoms with Crippen molar-refractivity contribution in [3.8, 4) is 0 Å². The molecular formula is C13H18FNO. The largest absolute Gasteiger partial charge is 0.468 e. The maximum atomic E-state index is 13.7. The highest BCUT2D eigenvalue weighted by molar-refractivity contribution is 5.29. The number of quaternary nitrogens is 1. The Morgan fingerprint density at radius 3 is 2.62 bits per heavy atom. The van der Waals surface area contributed by atoms with Crippen LogP contribution in [0.2, 0.25) is 0 Å². The first-order valence-corrected chi connectivity index (χ1v) is 5.67. The smallest absolute Gasteiger partial charge is 0.129 e. The fraction of sp³-hybridized carbons (Fsp3) is 0.462. The van der Waals surface area contributed by atoms with Crippen LogP contribution in [0.5, 0.6) is 0 Å². The number of halogens is 1. The van der Waals surface area contributed by atoms with Crippen LogP contribution in [0.3, 0.4) is 0 Å². The first-order chi connectivity index (χ1) is 7.51. The van der Waals surface area contributed by atoms with Crippen LogP contribution in [0.1, 0.15) is 24.0 Å². The van der Waals surface area contributed by atoms with Crippen molar-refractivity contribution < 1.29 is 14.4 Å². The number of aliphatic hydroxyl groups is 1. The summed E-state index contributed by atoms with van der Waals surface area (Å²) in [6.07, 6.45) is 1.15. The number of nitrogens with one attached hydrogen (secondary N) is 1. The Balaban J connectivity index is 2.32. The molecule has 16 heavy (non-hydrogen) atoms. The molecule has 0 aliphatic carbocycles. The monoisotopic (exact) mass is 223 g/mol. The van der Waals surface area contributed by atoms with Gasteiger partial charge >= 0.3 is 0 Å². The third-order valence-electron chi connectivity index (χ3n) is 3.41. The predicted octanol–water partition coefficient (Wildman–Crippen LogP) is 0.792. The summed E-state index contributed by atoms with van der Waals surface area (Å²) in [6.45, 7) is 3.47. The molecule has 0 radical (unpaired) electrons. The number of aryl methyl sites for hydroxylation is 1. The number of benzene rings is 1. The minimum Gasteiger partial charge on any atom is -0.468 e. The summed E-state index contributed by atoms with van der Waals surface area (Å²) < 4.78 is 13.7. The summed E-state index contributed by atoms with van der Waals surface area (Å²) in [4.78, 5) is 1.15. The van der Waals surface area contributed by atoms with Crippen LogP contribution in [0.15, 0.2) is 18.2 Å². The normalized spacial score (nSPS) is 30.4. The van der Waals surface area contributed by atoms with Crippen LogP contribution in [0, 0.1) is 19.8 Å². The topological polar surface area (TPSA) is 24.7 Å². The van der Waals surface area contributed by atoms with Gasteiger partial charge in [0.25, 0.3) is 0 Å². The van der Waals surface area contributed by atoms with Crippen LogP contribution < -0.4 is 4.90 Å². The molecule has 0 bridgehead atoms. The molecule has 0 amide bonds. The van der Waals surface area contributed by atoms with Gasteiger partial charge in [-0.2, -0.15) is 7.05 Å². The zero-order valence-corrected chi connectivity index (χ0v) is 9.59. The van der Waals surface area contributed by atoms with Crippen molar-refractivity contribution in [1.82, 2.24) is 0 Å². The third-order valence-corrected chi connectivity index (χ3v) is 3.41. The summed E-state index contributed by atoms with van der Waals surface area (Å²) in [5.41, 5.74) is 0.423. The lowest BCUT2D eigenvalue weighted by atomic mass is 9.83. The van der Waals surface area contributed by atoms with Gasteiger partial charge in [-0.25, -0.2) is 4.39 Å². The molecule has 0 spiro atoms. The zero-order chi connectivity index (χ0) is 11.8. The maximum Gasteiger partial charge on any atom is 0.129 e.